The van der Waals surface area contributed by atoms with Crippen LogP contribution in [-0.4, -0.2) is 57.2 Å². The summed E-state index contributed by atoms with van der Waals surface area (Å²) >= 11 is 1.70. The zero-order valence-corrected chi connectivity index (χ0v) is 26.2. The first kappa shape index (κ1) is 31.0. The lowest BCUT2D eigenvalue weighted by molar-refractivity contribution is 0.0472. The van der Waals surface area contributed by atoms with Crippen molar-refractivity contribution in [2.45, 2.75) is 65.7 Å². The van der Waals surface area contributed by atoms with Crippen molar-refractivity contribution in [1.82, 2.24) is 25.5 Å². The molecule has 10 heteroatoms. The van der Waals surface area contributed by atoms with Crippen LogP contribution in [0.2, 0.25) is 0 Å². The van der Waals surface area contributed by atoms with Gasteiger partial charge in [-0.3, -0.25) is 9.79 Å². The number of benzene rings is 2. The molecule has 8 nitrogen and oxygen atoms in total. The normalized spacial score (nSPS) is 18.0. The van der Waals surface area contributed by atoms with Crippen molar-refractivity contribution in [3.05, 3.63) is 93.2 Å². The third-order valence-corrected chi connectivity index (χ3v) is 9.54. The van der Waals surface area contributed by atoms with Crippen LogP contribution in [0.3, 0.4) is 0 Å². The number of nitrogens with zero attached hydrogens (tertiary/aromatic N) is 4. The molecule has 234 valence electrons. The van der Waals surface area contributed by atoms with E-state index in [4.69, 9.17) is 9.98 Å². The van der Waals surface area contributed by atoms with Crippen molar-refractivity contribution in [1.29, 1.82) is 0 Å². The largest absolute Gasteiger partial charge is 0.335 e. The first-order valence-electron chi connectivity index (χ1n) is 15.0. The number of fused-ring (bicyclic) bond motifs is 5. The summed E-state index contributed by atoms with van der Waals surface area (Å²) in [5.74, 6) is 0.199. The molecular weight excluding hydrogens is 585 g/mol. The number of hydrogen-bond acceptors (Lipinski definition) is 8. The smallest absolute Gasteiger partial charge is 0.253 e. The zero-order chi connectivity index (χ0) is 30.6. The number of carbonyl (C=O) groups excluding carboxylic acids is 1. The molecule has 45 heavy (non-hydrogen) atoms. The minimum atomic E-state index is -0.281. The topological polar surface area (TPSA) is 94.5 Å². The van der Waals surface area contributed by atoms with Crippen LogP contribution in [0.5, 0.6) is 0 Å². The molecule has 0 atom stereocenters. The van der Waals surface area contributed by atoms with Crippen LogP contribution in [0.4, 0.5) is 16.0 Å². The molecule has 0 unspecified atom stereocenters. The highest BCUT2D eigenvalue weighted by molar-refractivity contribution is 7.16. The van der Waals surface area contributed by atoms with E-state index < -0.39 is 0 Å². The third-order valence-electron chi connectivity index (χ3n) is 8.31. The van der Waals surface area contributed by atoms with Crippen LogP contribution in [0.1, 0.15) is 72.6 Å². The summed E-state index contributed by atoms with van der Waals surface area (Å²) in [6.45, 7) is 11.8. The lowest BCUT2D eigenvalue weighted by atomic mass is 9.91. The Balaban J connectivity index is 0.00000357. The molecule has 0 aliphatic carbocycles. The van der Waals surface area contributed by atoms with E-state index in [9.17, 15) is 4.79 Å². The fourth-order valence-electron chi connectivity index (χ4n) is 6.80. The van der Waals surface area contributed by atoms with E-state index in [1.165, 1.54) is 16.5 Å². The molecule has 0 bridgehead atoms. The number of nitrogens with one attached hydrogen (secondary N) is 3. The SMILES string of the molecule is C.CC1(C)CN(C(=O)c2ccc(Nc3ncc4c(n3)-c3sc5c(c3C(c3ccccc3F)=NC4)CCNC5)cc2)CC(C)(C)N1. The molecule has 1 saturated heterocycles. The van der Waals surface area contributed by atoms with Gasteiger partial charge in [-0.1, -0.05) is 19.6 Å². The number of halogens is 1. The van der Waals surface area contributed by atoms with Gasteiger partial charge < -0.3 is 20.9 Å². The Hall–Kier alpha value is -3.99. The Morgan fingerprint density at radius 1 is 1.04 bits per heavy atom. The van der Waals surface area contributed by atoms with Crippen LogP contribution >= 0.6 is 11.3 Å². The Labute approximate surface area is 268 Å². The van der Waals surface area contributed by atoms with E-state index in [1.807, 2.05) is 41.4 Å². The number of thiophene rings is 1. The van der Waals surface area contributed by atoms with Crippen molar-refractivity contribution in [3.63, 3.8) is 0 Å². The second-order valence-electron chi connectivity index (χ2n) is 13.1. The first-order chi connectivity index (χ1) is 21.1. The van der Waals surface area contributed by atoms with Crippen molar-refractivity contribution < 1.29 is 9.18 Å². The summed E-state index contributed by atoms with van der Waals surface area (Å²) in [6.07, 6.45) is 2.67. The van der Waals surface area contributed by atoms with E-state index >= 15 is 4.39 Å². The van der Waals surface area contributed by atoms with Gasteiger partial charge in [0.1, 0.15) is 5.82 Å². The number of carbonyl (C=O) groups is 1. The van der Waals surface area contributed by atoms with Crippen LogP contribution in [0.15, 0.2) is 59.7 Å². The van der Waals surface area contributed by atoms with E-state index in [0.29, 0.717) is 42.4 Å². The number of aliphatic imine (C=N–C) groups is 1. The molecule has 0 radical (unpaired) electrons. The lowest BCUT2D eigenvalue weighted by Crippen LogP contribution is -2.67. The number of amides is 1. The van der Waals surface area contributed by atoms with Gasteiger partial charge >= 0.3 is 0 Å². The van der Waals surface area contributed by atoms with Crippen LogP contribution in [0.25, 0.3) is 10.6 Å². The minimum Gasteiger partial charge on any atom is -0.335 e. The molecule has 3 N–H and O–H groups in total. The van der Waals surface area contributed by atoms with Crippen LogP contribution in [0, 0.1) is 5.82 Å². The summed E-state index contributed by atoms with van der Waals surface area (Å²) in [4.78, 5) is 32.1. The lowest BCUT2D eigenvalue weighted by Gasteiger charge is -2.48. The second-order valence-corrected chi connectivity index (χ2v) is 14.2. The summed E-state index contributed by atoms with van der Waals surface area (Å²) in [6, 6.07) is 14.3. The highest BCUT2D eigenvalue weighted by atomic mass is 32.1. The second kappa shape index (κ2) is 11.7. The summed E-state index contributed by atoms with van der Waals surface area (Å²) in [5.41, 5.74) is 6.23. The molecule has 4 aromatic rings. The van der Waals surface area contributed by atoms with Gasteiger partial charge in [0, 0.05) is 69.7 Å². The zero-order valence-electron chi connectivity index (χ0n) is 25.4. The van der Waals surface area contributed by atoms with Crippen molar-refractivity contribution in [2.75, 3.05) is 25.0 Å². The van der Waals surface area contributed by atoms with E-state index in [1.54, 1.807) is 23.5 Å². The predicted octanol–water partition coefficient (Wildman–Crippen LogP) is 6.32. The summed E-state index contributed by atoms with van der Waals surface area (Å²) < 4.78 is 15.1. The van der Waals surface area contributed by atoms with E-state index in [2.05, 4.69) is 48.6 Å². The quantitative estimate of drug-likeness (QED) is 0.246. The standard InChI is InChI=1S/C34H36FN7OS.CH4/c1-33(2)18-42(19-34(3,4)41-33)31(43)20-9-11-22(12-10-20)39-32-38-16-21-15-37-29(23-7-5-6-8-25(23)35)27-24-13-14-36-17-26(24)44-30(27)28(21)40-32;/h5-12,16,36,41H,13-15,17-19H2,1-4H3,(H,38,39,40);1H4. The highest BCUT2D eigenvalue weighted by Gasteiger charge is 2.38. The molecule has 3 aliphatic heterocycles. The van der Waals surface area contributed by atoms with Gasteiger partial charge in [0.15, 0.2) is 0 Å². The fourth-order valence-corrected chi connectivity index (χ4v) is 8.15. The van der Waals surface area contributed by atoms with Gasteiger partial charge in [0.05, 0.1) is 22.8 Å². The number of piperazine rings is 1. The van der Waals surface area contributed by atoms with Gasteiger partial charge in [-0.25, -0.2) is 14.4 Å². The monoisotopic (exact) mass is 625 g/mol. The van der Waals surface area contributed by atoms with Gasteiger partial charge in [0.25, 0.3) is 5.91 Å². The number of hydrogen-bond donors (Lipinski definition) is 3. The highest BCUT2D eigenvalue weighted by Crippen LogP contribution is 2.42. The molecule has 0 spiro atoms. The third kappa shape index (κ3) is 6.02. The Kier molecular flexibility index (Phi) is 8.09. The van der Waals surface area contributed by atoms with Gasteiger partial charge in [0.2, 0.25) is 5.95 Å². The van der Waals surface area contributed by atoms with E-state index in [-0.39, 0.29) is 30.2 Å². The maximum Gasteiger partial charge on any atom is 0.253 e. The number of aromatic nitrogens is 2. The maximum atomic E-state index is 15.1. The summed E-state index contributed by atoms with van der Waals surface area (Å²) in [5, 5.41) is 10.4. The molecule has 2 aromatic carbocycles. The molecule has 1 amide bonds. The average Bonchev–Trinajstić information content (AvgIpc) is 3.29. The van der Waals surface area contributed by atoms with Crippen LogP contribution < -0.4 is 16.0 Å². The number of anilines is 2. The predicted molar refractivity (Wildman–Crippen MR) is 180 cm³/mol. The minimum absolute atomic E-state index is 0. The van der Waals surface area contributed by atoms with Gasteiger partial charge in [-0.2, -0.15) is 0 Å². The average molecular weight is 626 g/mol. The molecule has 1 fully saturated rings. The molecule has 0 saturated carbocycles. The first-order valence-corrected chi connectivity index (χ1v) is 15.9. The molecule has 7 rings (SSSR count). The molecular formula is C35H40FN7OS. The van der Waals surface area contributed by atoms with Gasteiger partial charge in [-0.15, -0.1) is 11.3 Å². The van der Waals surface area contributed by atoms with Gasteiger partial charge in [-0.05, 0) is 82.6 Å². The molecule has 2 aromatic heterocycles. The molecule has 5 heterocycles. The van der Waals surface area contributed by atoms with Crippen molar-refractivity contribution in [3.8, 4) is 10.6 Å². The summed E-state index contributed by atoms with van der Waals surface area (Å²) in [7, 11) is 0. The Bertz CT molecular complexity index is 1780. The molecule has 3 aliphatic rings. The van der Waals surface area contributed by atoms with Crippen LogP contribution in [-0.2, 0) is 19.5 Å². The van der Waals surface area contributed by atoms with Crippen molar-refractivity contribution in [2.24, 2.45) is 4.99 Å². The fraction of sp³-hybridized carbons (Fsp3) is 0.371. The van der Waals surface area contributed by atoms with E-state index in [0.717, 1.165) is 46.9 Å². The number of rotatable bonds is 4. The van der Waals surface area contributed by atoms with Crippen molar-refractivity contribution >= 4 is 34.6 Å². The Morgan fingerprint density at radius 3 is 2.51 bits per heavy atom. The maximum absolute atomic E-state index is 15.1. The Morgan fingerprint density at radius 2 is 1.78 bits per heavy atom.